The highest BCUT2D eigenvalue weighted by molar-refractivity contribution is 4.99. The van der Waals surface area contributed by atoms with E-state index >= 15 is 0 Å². The molecule has 2 aliphatic rings. The molecule has 18 heavy (non-hydrogen) atoms. The second-order valence-electron chi connectivity index (χ2n) is 7.76. The van der Waals surface area contributed by atoms with Crippen LogP contribution in [0, 0.1) is 11.8 Å². The second-order valence-corrected chi connectivity index (χ2v) is 7.76. The minimum Gasteiger partial charge on any atom is -0.368 e. The van der Waals surface area contributed by atoms with Crippen molar-refractivity contribution in [3.63, 3.8) is 0 Å². The summed E-state index contributed by atoms with van der Waals surface area (Å²) in [5, 5.41) is 3.79. The standard InChI is InChI=1S/C16H31NO/c1-12-6-8-13(9-7-12)11-17-14-10-15(2,3)18-16(14,4)5/h12-14,17H,6-11H2,1-5H3. The van der Waals surface area contributed by atoms with E-state index in [2.05, 4.69) is 39.9 Å². The van der Waals surface area contributed by atoms with Crippen LogP contribution < -0.4 is 5.32 Å². The predicted octanol–water partition coefficient (Wildman–Crippen LogP) is 3.75. The van der Waals surface area contributed by atoms with Crippen LogP contribution in [-0.2, 0) is 4.74 Å². The lowest BCUT2D eigenvalue weighted by molar-refractivity contribution is -0.0700. The van der Waals surface area contributed by atoms with Gasteiger partial charge in [-0.1, -0.05) is 19.8 Å². The zero-order valence-electron chi connectivity index (χ0n) is 12.9. The minimum absolute atomic E-state index is 0.0224. The van der Waals surface area contributed by atoms with Gasteiger partial charge in [0.05, 0.1) is 11.2 Å². The van der Waals surface area contributed by atoms with Gasteiger partial charge in [0, 0.05) is 6.04 Å². The van der Waals surface area contributed by atoms with Crippen LogP contribution in [0.25, 0.3) is 0 Å². The predicted molar refractivity (Wildman–Crippen MR) is 76.8 cm³/mol. The molecule has 1 saturated carbocycles. The molecule has 1 atom stereocenters. The molecule has 0 radical (unpaired) electrons. The lowest BCUT2D eigenvalue weighted by Crippen LogP contribution is -2.45. The lowest BCUT2D eigenvalue weighted by atomic mass is 9.82. The molecule has 1 unspecified atom stereocenters. The largest absolute Gasteiger partial charge is 0.368 e. The number of ether oxygens (including phenoxy) is 1. The van der Waals surface area contributed by atoms with Gasteiger partial charge in [-0.25, -0.2) is 0 Å². The molecule has 2 rings (SSSR count). The monoisotopic (exact) mass is 253 g/mol. The highest BCUT2D eigenvalue weighted by Gasteiger charge is 2.45. The maximum Gasteiger partial charge on any atom is 0.0787 e. The van der Waals surface area contributed by atoms with Gasteiger partial charge in [0.15, 0.2) is 0 Å². The Labute approximate surface area is 113 Å². The van der Waals surface area contributed by atoms with Gasteiger partial charge in [0.1, 0.15) is 0 Å². The zero-order valence-corrected chi connectivity index (χ0v) is 12.9. The number of hydrogen-bond donors (Lipinski definition) is 1. The first-order valence-corrected chi connectivity index (χ1v) is 7.72. The van der Waals surface area contributed by atoms with Crippen molar-refractivity contribution in [2.24, 2.45) is 11.8 Å². The van der Waals surface area contributed by atoms with Gasteiger partial charge in [-0.05, 0) is 65.3 Å². The first kappa shape index (κ1) is 14.3. The third-order valence-electron chi connectivity index (χ3n) is 4.86. The molecule has 0 amide bonds. The summed E-state index contributed by atoms with van der Waals surface area (Å²) in [5.41, 5.74) is 0.00764. The molecule has 0 aromatic heterocycles. The molecular formula is C16H31NO. The summed E-state index contributed by atoms with van der Waals surface area (Å²) in [4.78, 5) is 0. The molecule has 2 fully saturated rings. The molecule has 1 aliphatic heterocycles. The van der Waals surface area contributed by atoms with Gasteiger partial charge >= 0.3 is 0 Å². The van der Waals surface area contributed by atoms with Crippen LogP contribution >= 0.6 is 0 Å². The van der Waals surface area contributed by atoms with Crippen LogP contribution in [0.4, 0.5) is 0 Å². The summed E-state index contributed by atoms with van der Waals surface area (Å²) >= 11 is 0. The molecule has 1 N–H and O–H groups in total. The van der Waals surface area contributed by atoms with E-state index < -0.39 is 0 Å². The molecule has 2 nitrogen and oxygen atoms in total. The van der Waals surface area contributed by atoms with E-state index in [1.807, 2.05) is 0 Å². The van der Waals surface area contributed by atoms with E-state index in [1.165, 1.54) is 32.2 Å². The summed E-state index contributed by atoms with van der Waals surface area (Å²) < 4.78 is 6.14. The molecule has 2 heteroatoms. The Hall–Kier alpha value is -0.0800. The van der Waals surface area contributed by atoms with E-state index in [9.17, 15) is 0 Å². The smallest absolute Gasteiger partial charge is 0.0787 e. The first-order valence-electron chi connectivity index (χ1n) is 7.72. The lowest BCUT2D eigenvalue weighted by Gasteiger charge is -2.31. The fourth-order valence-corrected chi connectivity index (χ4v) is 3.72. The summed E-state index contributed by atoms with van der Waals surface area (Å²) in [6.45, 7) is 12.4. The minimum atomic E-state index is -0.0224. The SMILES string of the molecule is CC1CCC(CNC2CC(C)(C)OC2(C)C)CC1. The fourth-order valence-electron chi connectivity index (χ4n) is 3.72. The van der Waals surface area contributed by atoms with E-state index in [1.54, 1.807) is 0 Å². The fraction of sp³-hybridized carbons (Fsp3) is 1.00. The molecule has 1 saturated heterocycles. The van der Waals surface area contributed by atoms with Gasteiger partial charge in [-0.3, -0.25) is 0 Å². The van der Waals surface area contributed by atoms with Crippen LogP contribution in [0.1, 0.15) is 66.7 Å². The van der Waals surface area contributed by atoms with Crippen LogP contribution in [0.3, 0.4) is 0 Å². The molecule has 0 aromatic rings. The number of hydrogen-bond acceptors (Lipinski definition) is 2. The Kier molecular flexibility index (Phi) is 4.08. The molecule has 1 heterocycles. The van der Waals surface area contributed by atoms with Gasteiger partial charge in [0.2, 0.25) is 0 Å². The quantitative estimate of drug-likeness (QED) is 0.827. The highest BCUT2D eigenvalue weighted by atomic mass is 16.5. The average Bonchev–Trinajstić information content (AvgIpc) is 2.45. The maximum atomic E-state index is 6.14. The van der Waals surface area contributed by atoms with Crippen molar-refractivity contribution in [1.29, 1.82) is 0 Å². The van der Waals surface area contributed by atoms with Crippen molar-refractivity contribution >= 4 is 0 Å². The van der Waals surface area contributed by atoms with Gasteiger partial charge in [0.25, 0.3) is 0 Å². The van der Waals surface area contributed by atoms with Crippen molar-refractivity contribution in [2.75, 3.05) is 6.54 Å². The van der Waals surface area contributed by atoms with Crippen molar-refractivity contribution in [2.45, 2.75) is 84.0 Å². The summed E-state index contributed by atoms with van der Waals surface area (Å²) in [7, 11) is 0. The normalized spacial score (nSPS) is 38.8. The molecule has 106 valence electrons. The zero-order chi connectivity index (χ0) is 13.4. The third kappa shape index (κ3) is 3.48. The molecule has 1 aliphatic carbocycles. The summed E-state index contributed by atoms with van der Waals surface area (Å²) in [5.74, 6) is 1.84. The van der Waals surface area contributed by atoms with Crippen molar-refractivity contribution in [3.8, 4) is 0 Å². The van der Waals surface area contributed by atoms with Crippen molar-refractivity contribution < 1.29 is 4.74 Å². The van der Waals surface area contributed by atoms with Crippen LogP contribution in [0.5, 0.6) is 0 Å². The van der Waals surface area contributed by atoms with E-state index in [4.69, 9.17) is 4.74 Å². The van der Waals surface area contributed by atoms with Crippen molar-refractivity contribution in [1.82, 2.24) is 5.32 Å². The first-order chi connectivity index (χ1) is 8.28. The number of nitrogens with one attached hydrogen (secondary N) is 1. The van der Waals surface area contributed by atoms with E-state index in [0.29, 0.717) is 6.04 Å². The van der Waals surface area contributed by atoms with Gasteiger partial charge < -0.3 is 10.1 Å². The summed E-state index contributed by atoms with van der Waals surface area (Å²) in [6.07, 6.45) is 6.78. The highest BCUT2D eigenvalue weighted by Crippen LogP contribution is 2.37. The summed E-state index contributed by atoms with van der Waals surface area (Å²) in [6, 6.07) is 0.506. The molecular weight excluding hydrogens is 222 g/mol. The Morgan fingerprint density at radius 2 is 1.67 bits per heavy atom. The maximum absolute atomic E-state index is 6.14. The Morgan fingerprint density at radius 3 is 2.17 bits per heavy atom. The Morgan fingerprint density at radius 1 is 1.06 bits per heavy atom. The molecule has 0 spiro atoms. The Balaban J connectivity index is 1.80. The van der Waals surface area contributed by atoms with E-state index in [-0.39, 0.29) is 11.2 Å². The van der Waals surface area contributed by atoms with Crippen LogP contribution in [-0.4, -0.2) is 23.8 Å². The van der Waals surface area contributed by atoms with Crippen LogP contribution in [0.2, 0.25) is 0 Å². The average molecular weight is 253 g/mol. The Bertz CT molecular complexity index is 277. The van der Waals surface area contributed by atoms with Gasteiger partial charge in [-0.15, -0.1) is 0 Å². The molecule has 0 aromatic carbocycles. The van der Waals surface area contributed by atoms with Crippen molar-refractivity contribution in [3.05, 3.63) is 0 Å². The topological polar surface area (TPSA) is 21.3 Å². The third-order valence-corrected chi connectivity index (χ3v) is 4.86. The number of rotatable bonds is 3. The molecule has 0 bridgehead atoms. The van der Waals surface area contributed by atoms with Gasteiger partial charge in [-0.2, -0.15) is 0 Å². The second kappa shape index (κ2) is 5.13. The van der Waals surface area contributed by atoms with E-state index in [0.717, 1.165) is 18.3 Å². The van der Waals surface area contributed by atoms with Crippen LogP contribution in [0.15, 0.2) is 0 Å².